The number of alkyl halides is 3. The Morgan fingerprint density at radius 2 is 1.89 bits per heavy atom. The zero-order chi connectivity index (χ0) is 20.0. The van der Waals surface area contributed by atoms with E-state index in [0.29, 0.717) is 11.3 Å². The maximum Gasteiger partial charge on any atom is 0.416 e. The summed E-state index contributed by atoms with van der Waals surface area (Å²) in [6.07, 6.45) is -6.06. The summed E-state index contributed by atoms with van der Waals surface area (Å²) in [5.41, 5.74) is -0.0260. The molecular weight excluding hydrogens is 361 g/mol. The number of esters is 1. The molecule has 0 heterocycles. The summed E-state index contributed by atoms with van der Waals surface area (Å²) in [5, 5.41) is 11.3. The van der Waals surface area contributed by atoms with Crippen LogP contribution in [0.3, 0.4) is 0 Å². The van der Waals surface area contributed by atoms with E-state index in [1.54, 1.807) is 18.2 Å². The lowest BCUT2D eigenvalue weighted by Crippen LogP contribution is -2.30. The van der Waals surface area contributed by atoms with Gasteiger partial charge in [-0.25, -0.2) is 0 Å². The van der Waals surface area contributed by atoms with Crippen molar-refractivity contribution in [3.8, 4) is 6.07 Å². The van der Waals surface area contributed by atoms with E-state index >= 15 is 0 Å². The molecule has 0 radical (unpaired) electrons. The van der Waals surface area contributed by atoms with Crippen LogP contribution >= 0.6 is 0 Å². The number of nitrogens with one attached hydrogen (secondary N) is 1. The van der Waals surface area contributed by atoms with Crippen LogP contribution in [0, 0.1) is 11.3 Å². The molecule has 0 aliphatic heterocycles. The molecule has 0 aliphatic rings. The van der Waals surface area contributed by atoms with Gasteiger partial charge in [0.1, 0.15) is 0 Å². The molecule has 0 spiro atoms. The topological polar surface area (TPSA) is 79.2 Å². The first kappa shape index (κ1) is 20.0. The third-order valence-corrected chi connectivity index (χ3v) is 3.54. The second-order valence-corrected chi connectivity index (χ2v) is 5.69. The standard InChI is InChI=1S/C19H15F3N2O3/c1-12(18(26)24-16-7-3-5-14(9-16)11-23)27-17(25)10-13-4-2-6-15(8-13)19(20,21)22/h2-9,12H,10H2,1H3,(H,24,26)/t12-/m1/s1. The van der Waals surface area contributed by atoms with Crippen molar-refractivity contribution in [1.82, 2.24) is 0 Å². The van der Waals surface area contributed by atoms with Crippen molar-refractivity contribution in [1.29, 1.82) is 5.26 Å². The summed E-state index contributed by atoms with van der Waals surface area (Å²) in [6.45, 7) is 1.34. The third kappa shape index (κ3) is 5.85. The van der Waals surface area contributed by atoms with E-state index in [0.717, 1.165) is 12.1 Å². The second-order valence-electron chi connectivity index (χ2n) is 5.69. The van der Waals surface area contributed by atoms with Gasteiger partial charge in [0, 0.05) is 5.69 Å². The maximum absolute atomic E-state index is 12.7. The second kappa shape index (κ2) is 8.36. The molecule has 0 aromatic heterocycles. The summed E-state index contributed by atoms with van der Waals surface area (Å²) >= 11 is 0. The van der Waals surface area contributed by atoms with E-state index in [1.165, 1.54) is 25.1 Å². The highest BCUT2D eigenvalue weighted by molar-refractivity contribution is 5.95. The molecule has 27 heavy (non-hydrogen) atoms. The van der Waals surface area contributed by atoms with Gasteiger partial charge in [-0.15, -0.1) is 0 Å². The predicted molar refractivity (Wildman–Crippen MR) is 90.5 cm³/mol. The molecule has 1 amide bonds. The van der Waals surface area contributed by atoms with Crippen molar-refractivity contribution in [2.75, 3.05) is 5.32 Å². The number of halogens is 3. The number of anilines is 1. The summed E-state index contributed by atoms with van der Waals surface area (Å²) in [6, 6.07) is 12.4. The Kier molecular flexibility index (Phi) is 6.19. The maximum atomic E-state index is 12.7. The fraction of sp³-hybridized carbons (Fsp3) is 0.211. The monoisotopic (exact) mass is 376 g/mol. The molecule has 0 fully saturated rings. The van der Waals surface area contributed by atoms with Crippen LogP contribution in [0.5, 0.6) is 0 Å². The SMILES string of the molecule is C[C@@H](OC(=O)Cc1cccc(C(F)(F)F)c1)C(=O)Nc1cccc(C#N)c1. The molecule has 140 valence electrons. The van der Waals surface area contributed by atoms with Crippen LogP contribution in [0.4, 0.5) is 18.9 Å². The van der Waals surface area contributed by atoms with Gasteiger partial charge in [-0.3, -0.25) is 9.59 Å². The normalized spacial score (nSPS) is 12.0. The molecule has 2 rings (SSSR count). The average molecular weight is 376 g/mol. The number of carbonyl (C=O) groups is 2. The smallest absolute Gasteiger partial charge is 0.416 e. The molecule has 0 aliphatic carbocycles. The van der Waals surface area contributed by atoms with Gasteiger partial charge in [0.15, 0.2) is 6.10 Å². The minimum atomic E-state index is -4.51. The van der Waals surface area contributed by atoms with Gasteiger partial charge in [-0.2, -0.15) is 18.4 Å². The van der Waals surface area contributed by atoms with E-state index in [-0.39, 0.29) is 5.56 Å². The van der Waals surface area contributed by atoms with Crippen molar-refractivity contribution in [2.24, 2.45) is 0 Å². The number of hydrogen-bond donors (Lipinski definition) is 1. The Hall–Kier alpha value is -3.34. The Bertz CT molecular complexity index is 888. The first-order valence-electron chi connectivity index (χ1n) is 7.85. The molecule has 1 N–H and O–H groups in total. The summed E-state index contributed by atoms with van der Waals surface area (Å²) in [5.74, 6) is -1.45. The van der Waals surface area contributed by atoms with Gasteiger partial charge < -0.3 is 10.1 Å². The van der Waals surface area contributed by atoms with Crippen LogP contribution in [0.2, 0.25) is 0 Å². The fourth-order valence-electron chi connectivity index (χ4n) is 2.23. The van der Waals surface area contributed by atoms with E-state index < -0.39 is 36.1 Å². The van der Waals surface area contributed by atoms with Crippen LogP contribution in [0.15, 0.2) is 48.5 Å². The number of nitriles is 1. The van der Waals surface area contributed by atoms with E-state index in [4.69, 9.17) is 10.00 Å². The van der Waals surface area contributed by atoms with Crippen LogP contribution in [0.25, 0.3) is 0 Å². The summed E-state index contributed by atoms with van der Waals surface area (Å²) < 4.78 is 43.1. The molecule has 0 unspecified atom stereocenters. The van der Waals surface area contributed by atoms with Crippen molar-refractivity contribution in [2.45, 2.75) is 25.6 Å². The lowest BCUT2D eigenvalue weighted by Gasteiger charge is -2.14. The quantitative estimate of drug-likeness (QED) is 0.808. The van der Waals surface area contributed by atoms with Gasteiger partial charge in [0.2, 0.25) is 0 Å². The molecule has 0 bridgehead atoms. The molecule has 5 nitrogen and oxygen atoms in total. The number of benzene rings is 2. The zero-order valence-corrected chi connectivity index (χ0v) is 14.2. The van der Waals surface area contributed by atoms with Crippen molar-refractivity contribution >= 4 is 17.6 Å². The van der Waals surface area contributed by atoms with Crippen LogP contribution in [0.1, 0.15) is 23.6 Å². The van der Waals surface area contributed by atoms with Crippen molar-refractivity contribution in [3.63, 3.8) is 0 Å². The predicted octanol–water partition coefficient (Wildman–Crippen LogP) is 3.69. The molecule has 1 atom stereocenters. The summed E-state index contributed by atoms with van der Waals surface area (Å²) in [7, 11) is 0. The minimum Gasteiger partial charge on any atom is -0.452 e. The number of carbonyl (C=O) groups excluding carboxylic acids is 2. The number of ether oxygens (including phenoxy) is 1. The van der Waals surface area contributed by atoms with Crippen molar-refractivity contribution < 1.29 is 27.5 Å². The molecule has 8 heteroatoms. The molecule has 0 saturated carbocycles. The third-order valence-electron chi connectivity index (χ3n) is 3.54. The number of nitrogens with zero attached hydrogens (tertiary/aromatic N) is 1. The van der Waals surface area contributed by atoms with Gasteiger partial charge >= 0.3 is 12.1 Å². The lowest BCUT2D eigenvalue weighted by atomic mass is 10.1. The van der Waals surface area contributed by atoms with Gasteiger partial charge in [-0.1, -0.05) is 24.3 Å². The Morgan fingerprint density at radius 1 is 1.19 bits per heavy atom. The van der Waals surface area contributed by atoms with Crippen LogP contribution in [-0.4, -0.2) is 18.0 Å². The number of hydrogen-bond acceptors (Lipinski definition) is 4. The fourth-order valence-corrected chi connectivity index (χ4v) is 2.23. The highest BCUT2D eigenvalue weighted by Crippen LogP contribution is 2.29. The van der Waals surface area contributed by atoms with Gasteiger partial charge in [0.05, 0.1) is 23.6 Å². The first-order valence-corrected chi connectivity index (χ1v) is 7.85. The highest BCUT2D eigenvalue weighted by Gasteiger charge is 2.30. The number of amides is 1. The first-order chi connectivity index (χ1) is 12.7. The molecule has 2 aromatic rings. The minimum absolute atomic E-state index is 0.129. The molecular formula is C19H15F3N2O3. The summed E-state index contributed by atoms with van der Waals surface area (Å²) in [4.78, 5) is 24.0. The Balaban J connectivity index is 1.95. The Labute approximate surface area is 153 Å². The number of rotatable bonds is 5. The molecule has 0 saturated heterocycles. The highest BCUT2D eigenvalue weighted by atomic mass is 19.4. The lowest BCUT2D eigenvalue weighted by molar-refractivity contribution is -0.152. The van der Waals surface area contributed by atoms with E-state index in [1.807, 2.05) is 6.07 Å². The van der Waals surface area contributed by atoms with E-state index in [2.05, 4.69) is 5.32 Å². The van der Waals surface area contributed by atoms with Gasteiger partial charge in [-0.05, 0) is 36.8 Å². The largest absolute Gasteiger partial charge is 0.452 e. The zero-order valence-electron chi connectivity index (χ0n) is 14.2. The average Bonchev–Trinajstić information content (AvgIpc) is 2.61. The van der Waals surface area contributed by atoms with Crippen LogP contribution in [-0.2, 0) is 26.9 Å². The van der Waals surface area contributed by atoms with Crippen LogP contribution < -0.4 is 5.32 Å². The van der Waals surface area contributed by atoms with E-state index in [9.17, 15) is 22.8 Å². The van der Waals surface area contributed by atoms with Crippen molar-refractivity contribution in [3.05, 3.63) is 65.2 Å². The Morgan fingerprint density at radius 3 is 2.56 bits per heavy atom. The molecule has 2 aromatic carbocycles. The van der Waals surface area contributed by atoms with Gasteiger partial charge in [0.25, 0.3) is 5.91 Å².